The highest BCUT2D eigenvalue weighted by Crippen LogP contribution is 2.30. The molecule has 4 heteroatoms. The molecule has 0 aliphatic carbocycles. The number of rotatable bonds is 5. The monoisotopic (exact) mass is 293 g/mol. The van der Waals surface area contributed by atoms with E-state index in [2.05, 4.69) is 5.32 Å². The van der Waals surface area contributed by atoms with Crippen LogP contribution in [0.15, 0.2) is 36.4 Å². The molecule has 0 aliphatic rings. The number of nitrogens with one attached hydrogen (secondary N) is 1. The van der Waals surface area contributed by atoms with Crippen molar-refractivity contribution >= 4 is 11.6 Å². The second kappa shape index (κ2) is 6.73. The first kappa shape index (κ1) is 14.8. The second-order valence-electron chi connectivity index (χ2n) is 4.43. The van der Waals surface area contributed by atoms with E-state index in [9.17, 15) is 4.39 Å². The van der Waals surface area contributed by atoms with E-state index in [4.69, 9.17) is 16.3 Å². The standard InChI is InChI=1S/C16H17ClFNO/c1-3-19-10-11-8-13(20-2)5-7-14(11)15-6-4-12(17)9-16(15)18/h4-9,19H,3,10H2,1-2H3. The van der Waals surface area contributed by atoms with E-state index in [0.717, 1.165) is 23.4 Å². The Labute approximate surface area is 123 Å². The first-order valence-corrected chi connectivity index (χ1v) is 6.86. The fourth-order valence-electron chi connectivity index (χ4n) is 2.07. The highest BCUT2D eigenvalue weighted by molar-refractivity contribution is 6.30. The average molecular weight is 294 g/mol. The topological polar surface area (TPSA) is 21.3 Å². The molecule has 2 aromatic rings. The van der Waals surface area contributed by atoms with Crippen LogP contribution in [0.3, 0.4) is 0 Å². The number of ether oxygens (including phenoxy) is 1. The van der Waals surface area contributed by atoms with Crippen molar-refractivity contribution in [3.63, 3.8) is 0 Å². The summed E-state index contributed by atoms with van der Waals surface area (Å²) in [5, 5.41) is 3.65. The van der Waals surface area contributed by atoms with E-state index < -0.39 is 0 Å². The molecule has 0 amide bonds. The van der Waals surface area contributed by atoms with Crippen LogP contribution in [0.25, 0.3) is 11.1 Å². The van der Waals surface area contributed by atoms with Gasteiger partial charge in [-0.2, -0.15) is 0 Å². The summed E-state index contributed by atoms with van der Waals surface area (Å²) < 4.78 is 19.3. The molecule has 0 saturated heterocycles. The Morgan fingerprint density at radius 2 is 1.90 bits per heavy atom. The maximum absolute atomic E-state index is 14.1. The van der Waals surface area contributed by atoms with Crippen molar-refractivity contribution < 1.29 is 9.13 Å². The van der Waals surface area contributed by atoms with Crippen LogP contribution in [0.1, 0.15) is 12.5 Å². The van der Waals surface area contributed by atoms with Gasteiger partial charge in [-0.15, -0.1) is 0 Å². The number of methoxy groups -OCH3 is 1. The molecule has 0 fully saturated rings. The molecule has 0 atom stereocenters. The molecule has 0 unspecified atom stereocenters. The van der Waals surface area contributed by atoms with E-state index in [1.54, 1.807) is 19.2 Å². The summed E-state index contributed by atoms with van der Waals surface area (Å²) in [5.74, 6) is 0.441. The highest BCUT2D eigenvalue weighted by Gasteiger charge is 2.11. The molecule has 0 bridgehead atoms. The maximum atomic E-state index is 14.1. The Bertz CT molecular complexity index is 601. The van der Waals surface area contributed by atoms with Crippen molar-refractivity contribution in [1.29, 1.82) is 0 Å². The minimum atomic E-state index is -0.319. The Morgan fingerprint density at radius 3 is 2.55 bits per heavy atom. The van der Waals surface area contributed by atoms with Crippen LogP contribution in [-0.4, -0.2) is 13.7 Å². The molecule has 2 aromatic carbocycles. The van der Waals surface area contributed by atoms with Crippen molar-refractivity contribution in [3.05, 3.63) is 52.8 Å². The van der Waals surface area contributed by atoms with Crippen LogP contribution >= 0.6 is 11.6 Å². The van der Waals surface area contributed by atoms with E-state index in [1.165, 1.54) is 6.07 Å². The summed E-state index contributed by atoms with van der Waals surface area (Å²) in [7, 11) is 1.62. The van der Waals surface area contributed by atoms with Crippen molar-refractivity contribution in [2.45, 2.75) is 13.5 Å². The van der Waals surface area contributed by atoms with Gasteiger partial charge < -0.3 is 10.1 Å². The van der Waals surface area contributed by atoms with Crippen LogP contribution in [0.4, 0.5) is 4.39 Å². The van der Waals surface area contributed by atoms with Crippen LogP contribution in [0.5, 0.6) is 5.75 Å². The summed E-state index contributed by atoms with van der Waals surface area (Å²) in [6, 6.07) is 10.4. The van der Waals surface area contributed by atoms with Gasteiger partial charge in [0.25, 0.3) is 0 Å². The van der Waals surface area contributed by atoms with Crippen LogP contribution < -0.4 is 10.1 Å². The second-order valence-corrected chi connectivity index (χ2v) is 4.86. The quantitative estimate of drug-likeness (QED) is 0.889. The number of halogens is 2. The molecule has 0 aliphatic heterocycles. The fraction of sp³-hybridized carbons (Fsp3) is 0.250. The summed E-state index contributed by atoms with van der Waals surface area (Å²) in [5.41, 5.74) is 2.39. The Balaban J connectivity index is 2.48. The molecular formula is C16H17ClFNO. The summed E-state index contributed by atoms with van der Waals surface area (Å²) in [6.45, 7) is 3.54. The third-order valence-corrected chi connectivity index (χ3v) is 3.33. The van der Waals surface area contributed by atoms with E-state index >= 15 is 0 Å². The average Bonchev–Trinajstić information content (AvgIpc) is 2.45. The Kier molecular flexibility index (Phi) is 4.99. The van der Waals surface area contributed by atoms with Gasteiger partial charge in [0.2, 0.25) is 0 Å². The summed E-state index contributed by atoms with van der Waals surface area (Å²) in [4.78, 5) is 0. The van der Waals surface area contributed by atoms with Crippen molar-refractivity contribution in [1.82, 2.24) is 5.32 Å². The summed E-state index contributed by atoms with van der Waals surface area (Å²) >= 11 is 5.80. The van der Waals surface area contributed by atoms with Gasteiger partial charge in [-0.1, -0.05) is 24.6 Å². The van der Waals surface area contributed by atoms with Crippen molar-refractivity contribution in [3.8, 4) is 16.9 Å². The van der Waals surface area contributed by atoms with Gasteiger partial charge in [0.05, 0.1) is 7.11 Å². The number of hydrogen-bond donors (Lipinski definition) is 1. The molecule has 0 spiro atoms. The predicted molar refractivity (Wildman–Crippen MR) is 80.8 cm³/mol. The first-order valence-electron chi connectivity index (χ1n) is 6.48. The zero-order valence-corrected chi connectivity index (χ0v) is 12.3. The van der Waals surface area contributed by atoms with Gasteiger partial charge in [-0.05, 0) is 48.0 Å². The summed E-state index contributed by atoms with van der Waals surface area (Å²) in [6.07, 6.45) is 0. The third kappa shape index (κ3) is 3.30. The highest BCUT2D eigenvalue weighted by atomic mass is 35.5. The predicted octanol–water partition coefficient (Wildman–Crippen LogP) is 4.26. The largest absolute Gasteiger partial charge is 0.497 e. The van der Waals surface area contributed by atoms with Crippen molar-refractivity contribution in [2.24, 2.45) is 0 Å². The zero-order valence-electron chi connectivity index (χ0n) is 11.5. The molecule has 0 aromatic heterocycles. The maximum Gasteiger partial charge on any atom is 0.132 e. The Hall–Kier alpha value is -1.58. The van der Waals surface area contributed by atoms with E-state index in [1.807, 2.05) is 25.1 Å². The molecule has 1 N–H and O–H groups in total. The lowest BCUT2D eigenvalue weighted by atomic mass is 9.98. The van der Waals surface area contributed by atoms with Crippen LogP contribution in [0, 0.1) is 5.82 Å². The molecule has 0 radical (unpaired) electrons. The smallest absolute Gasteiger partial charge is 0.132 e. The lowest BCUT2D eigenvalue weighted by Crippen LogP contribution is -2.12. The third-order valence-electron chi connectivity index (χ3n) is 3.10. The zero-order chi connectivity index (χ0) is 14.5. The fourth-order valence-corrected chi connectivity index (χ4v) is 2.23. The molecule has 2 nitrogen and oxygen atoms in total. The molecule has 20 heavy (non-hydrogen) atoms. The van der Waals surface area contributed by atoms with Gasteiger partial charge in [-0.25, -0.2) is 4.39 Å². The SMILES string of the molecule is CCNCc1cc(OC)ccc1-c1ccc(Cl)cc1F. The molecule has 0 heterocycles. The number of hydrogen-bond acceptors (Lipinski definition) is 2. The van der Waals surface area contributed by atoms with Crippen LogP contribution in [-0.2, 0) is 6.54 Å². The minimum Gasteiger partial charge on any atom is -0.497 e. The van der Waals surface area contributed by atoms with Crippen molar-refractivity contribution in [2.75, 3.05) is 13.7 Å². The van der Waals surface area contributed by atoms with E-state index in [-0.39, 0.29) is 5.82 Å². The molecule has 2 rings (SSSR count). The first-order chi connectivity index (χ1) is 9.65. The van der Waals surface area contributed by atoms with Gasteiger partial charge in [0.1, 0.15) is 11.6 Å². The normalized spacial score (nSPS) is 10.6. The Morgan fingerprint density at radius 1 is 1.15 bits per heavy atom. The van der Waals surface area contributed by atoms with Gasteiger partial charge in [-0.3, -0.25) is 0 Å². The van der Waals surface area contributed by atoms with E-state index in [0.29, 0.717) is 17.1 Å². The molecule has 0 saturated carbocycles. The number of benzene rings is 2. The molecular weight excluding hydrogens is 277 g/mol. The van der Waals surface area contributed by atoms with Gasteiger partial charge in [0.15, 0.2) is 0 Å². The lowest BCUT2D eigenvalue weighted by Gasteiger charge is -2.13. The lowest BCUT2D eigenvalue weighted by molar-refractivity contribution is 0.414. The van der Waals surface area contributed by atoms with Crippen LogP contribution in [0.2, 0.25) is 5.02 Å². The minimum absolute atomic E-state index is 0.319. The van der Waals surface area contributed by atoms with Gasteiger partial charge in [0, 0.05) is 17.1 Å². The molecule has 106 valence electrons. The van der Waals surface area contributed by atoms with Gasteiger partial charge >= 0.3 is 0 Å².